The van der Waals surface area contributed by atoms with Gasteiger partial charge < -0.3 is 20.5 Å². The zero-order chi connectivity index (χ0) is 16.9. The number of benzene rings is 1. The summed E-state index contributed by atoms with van der Waals surface area (Å²) >= 11 is 0. The number of nitrogens with two attached hydrogens (primary N) is 1. The fourth-order valence-electron chi connectivity index (χ4n) is 2.70. The Morgan fingerprint density at radius 2 is 2.12 bits per heavy atom. The monoisotopic (exact) mass is 366 g/mol. The molecule has 1 fully saturated rings. The van der Waals surface area contributed by atoms with E-state index < -0.39 is 6.10 Å². The Morgan fingerprint density at radius 1 is 1.36 bits per heavy atom. The number of rotatable bonds is 6. The summed E-state index contributed by atoms with van der Waals surface area (Å²) in [7, 11) is 1.63. The van der Waals surface area contributed by atoms with E-state index in [1.54, 1.807) is 11.8 Å². The summed E-state index contributed by atoms with van der Waals surface area (Å²) in [4.78, 5) is 12.1. The van der Waals surface area contributed by atoms with E-state index in [4.69, 9.17) is 15.2 Å². The maximum absolute atomic E-state index is 12.1. The highest BCUT2D eigenvalue weighted by Crippen LogP contribution is 2.19. The first kappa shape index (κ1) is 19.2. The van der Waals surface area contributed by atoms with Crippen LogP contribution in [0, 0.1) is 0 Å². The Labute approximate surface area is 152 Å². The number of nitrogens with zero attached hydrogens (tertiary/aromatic N) is 2. The fourth-order valence-corrected chi connectivity index (χ4v) is 2.70. The van der Waals surface area contributed by atoms with E-state index in [9.17, 15) is 4.79 Å². The molecule has 1 aliphatic rings. The van der Waals surface area contributed by atoms with Gasteiger partial charge in [-0.15, -0.1) is 12.4 Å². The second-order valence-corrected chi connectivity index (χ2v) is 5.73. The van der Waals surface area contributed by atoms with Crippen molar-refractivity contribution in [2.24, 2.45) is 5.73 Å². The number of halogens is 1. The zero-order valence-corrected chi connectivity index (χ0v) is 14.9. The maximum atomic E-state index is 12.1. The Morgan fingerprint density at radius 3 is 2.76 bits per heavy atom. The molecular formula is C17H23ClN4O3. The number of nitrogens with one attached hydrogen (secondary N) is 1. The molecule has 1 amide bonds. The van der Waals surface area contributed by atoms with Crippen molar-refractivity contribution in [1.29, 1.82) is 0 Å². The molecule has 1 aromatic carbocycles. The summed E-state index contributed by atoms with van der Waals surface area (Å²) in [5, 5.41) is 7.33. The van der Waals surface area contributed by atoms with Crippen LogP contribution in [0.4, 0.5) is 0 Å². The molecule has 1 saturated heterocycles. The van der Waals surface area contributed by atoms with Crippen LogP contribution in [0.5, 0.6) is 5.75 Å². The lowest BCUT2D eigenvalue weighted by atomic mass is 10.2. The Kier molecular flexibility index (Phi) is 6.81. The summed E-state index contributed by atoms with van der Waals surface area (Å²) in [5.74, 6) is 0.690. The SMILES string of the molecule is COc1ccc(-n2ccc(CNC(=O)[C@@H]3CC[C@H](CN)O3)n2)cc1.Cl. The van der Waals surface area contributed by atoms with Crippen LogP contribution in [-0.2, 0) is 16.1 Å². The van der Waals surface area contributed by atoms with Gasteiger partial charge in [-0.25, -0.2) is 4.68 Å². The van der Waals surface area contributed by atoms with Gasteiger partial charge in [-0.1, -0.05) is 0 Å². The molecular weight excluding hydrogens is 344 g/mol. The minimum atomic E-state index is -0.401. The van der Waals surface area contributed by atoms with Crippen LogP contribution < -0.4 is 15.8 Å². The lowest BCUT2D eigenvalue weighted by Gasteiger charge is -2.12. The van der Waals surface area contributed by atoms with E-state index in [-0.39, 0.29) is 24.4 Å². The van der Waals surface area contributed by atoms with E-state index >= 15 is 0 Å². The van der Waals surface area contributed by atoms with Gasteiger partial charge in [0.15, 0.2) is 0 Å². The van der Waals surface area contributed by atoms with E-state index in [2.05, 4.69) is 10.4 Å². The smallest absolute Gasteiger partial charge is 0.249 e. The highest BCUT2D eigenvalue weighted by Gasteiger charge is 2.29. The van der Waals surface area contributed by atoms with Gasteiger partial charge in [-0.3, -0.25) is 4.79 Å². The summed E-state index contributed by atoms with van der Waals surface area (Å²) < 4.78 is 12.5. The quantitative estimate of drug-likeness (QED) is 0.806. The summed E-state index contributed by atoms with van der Waals surface area (Å²) in [6.45, 7) is 0.825. The average Bonchev–Trinajstić information content (AvgIpc) is 3.29. The first-order valence-electron chi connectivity index (χ1n) is 8.02. The van der Waals surface area contributed by atoms with E-state index in [0.717, 1.165) is 23.6 Å². The lowest BCUT2D eigenvalue weighted by molar-refractivity contribution is -0.132. The molecule has 1 aliphatic heterocycles. The van der Waals surface area contributed by atoms with Gasteiger partial charge in [-0.05, 0) is 43.2 Å². The van der Waals surface area contributed by atoms with Crippen molar-refractivity contribution in [3.05, 3.63) is 42.2 Å². The van der Waals surface area contributed by atoms with Crippen molar-refractivity contribution < 1.29 is 14.3 Å². The predicted molar refractivity (Wildman–Crippen MR) is 96.2 cm³/mol. The van der Waals surface area contributed by atoms with Gasteiger partial charge in [0, 0.05) is 12.7 Å². The zero-order valence-electron chi connectivity index (χ0n) is 14.1. The topological polar surface area (TPSA) is 91.4 Å². The first-order valence-corrected chi connectivity index (χ1v) is 8.02. The van der Waals surface area contributed by atoms with Crippen molar-refractivity contribution in [2.75, 3.05) is 13.7 Å². The third-order valence-corrected chi connectivity index (χ3v) is 4.09. The van der Waals surface area contributed by atoms with Gasteiger partial charge in [0.1, 0.15) is 11.9 Å². The Hall–Kier alpha value is -2.09. The van der Waals surface area contributed by atoms with Gasteiger partial charge in [-0.2, -0.15) is 5.10 Å². The number of hydrogen-bond acceptors (Lipinski definition) is 5. The summed E-state index contributed by atoms with van der Waals surface area (Å²) in [6, 6.07) is 9.48. The molecule has 3 rings (SSSR count). The van der Waals surface area contributed by atoms with Crippen molar-refractivity contribution >= 4 is 18.3 Å². The molecule has 2 heterocycles. The van der Waals surface area contributed by atoms with E-state index in [1.165, 1.54) is 0 Å². The summed E-state index contributed by atoms with van der Waals surface area (Å²) in [5.41, 5.74) is 7.27. The van der Waals surface area contributed by atoms with Crippen LogP contribution in [0.3, 0.4) is 0 Å². The van der Waals surface area contributed by atoms with Gasteiger partial charge >= 0.3 is 0 Å². The van der Waals surface area contributed by atoms with Crippen molar-refractivity contribution in [3.63, 3.8) is 0 Å². The molecule has 0 saturated carbocycles. The minimum Gasteiger partial charge on any atom is -0.497 e. The molecule has 1 aromatic heterocycles. The van der Waals surface area contributed by atoms with Crippen LogP contribution >= 0.6 is 12.4 Å². The molecule has 0 unspecified atom stereocenters. The van der Waals surface area contributed by atoms with Crippen molar-refractivity contribution in [3.8, 4) is 11.4 Å². The molecule has 8 heteroatoms. The molecule has 0 radical (unpaired) electrons. The third kappa shape index (κ3) is 4.72. The Bertz CT molecular complexity index is 689. The Balaban J connectivity index is 0.00000225. The molecule has 0 spiro atoms. The van der Waals surface area contributed by atoms with Crippen molar-refractivity contribution in [2.45, 2.75) is 31.6 Å². The number of methoxy groups -OCH3 is 1. The molecule has 0 bridgehead atoms. The van der Waals surface area contributed by atoms with E-state index in [0.29, 0.717) is 19.5 Å². The van der Waals surface area contributed by atoms with Crippen LogP contribution in [0.2, 0.25) is 0 Å². The normalized spacial score (nSPS) is 19.3. The highest BCUT2D eigenvalue weighted by atomic mass is 35.5. The fraction of sp³-hybridized carbons (Fsp3) is 0.412. The third-order valence-electron chi connectivity index (χ3n) is 4.09. The van der Waals surface area contributed by atoms with Gasteiger partial charge in [0.2, 0.25) is 5.91 Å². The standard InChI is InChI=1S/C17H22N4O3.ClH/c1-23-14-4-2-13(3-5-14)21-9-8-12(20-21)11-19-17(22)16-7-6-15(10-18)24-16;/h2-5,8-9,15-16H,6-7,10-11,18H2,1H3,(H,19,22);1H/t15-,16+;/m1./s1. The molecule has 3 N–H and O–H groups in total. The maximum Gasteiger partial charge on any atom is 0.249 e. The number of amides is 1. The van der Waals surface area contributed by atoms with Crippen LogP contribution in [0.25, 0.3) is 5.69 Å². The average molecular weight is 367 g/mol. The van der Waals surface area contributed by atoms with Gasteiger partial charge in [0.05, 0.1) is 31.1 Å². The first-order chi connectivity index (χ1) is 11.7. The molecule has 25 heavy (non-hydrogen) atoms. The molecule has 136 valence electrons. The second kappa shape index (κ2) is 8.84. The predicted octanol–water partition coefficient (Wildman–Crippen LogP) is 1.43. The number of carbonyl (C=O) groups excluding carboxylic acids is 1. The number of hydrogen-bond donors (Lipinski definition) is 2. The molecule has 2 aromatic rings. The van der Waals surface area contributed by atoms with Crippen LogP contribution in [-0.4, -0.2) is 41.6 Å². The molecule has 0 aliphatic carbocycles. The number of ether oxygens (including phenoxy) is 2. The highest BCUT2D eigenvalue weighted by molar-refractivity contribution is 5.85. The number of carbonyl (C=O) groups is 1. The summed E-state index contributed by atoms with van der Waals surface area (Å²) in [6.07, 6.45) is 3.01. The molecule has 7 nitrogen and oxygen atoms in total. The van der Waals surface area contributed by atoms with Gasteiger partial charge in [0.25, 0.3) is 0 Å². The lowest BCUT2D eigenvalue weighted by Crippen LogP contribution is -2.35. The van der Waals surface area contributed by atoms with Crippen LogP contribution in [0.15, 0.2) is 36.5 Å². The van der Waals surface area contributed by atoms with Crippen molar-refractivity contribution in [1.82, 2.24) is 15.1 Å². The van der Waals surface area contributed by atoms with Crippen LogP contribution in [0.1, 0.15) is 18.5 Å². The largest absolute Gasteiger partial charge is 0.497 e. The number of aromatic nitrogens is 2. The second-order valence-electron chi connectivity index (χ2n) is 5.73. The molecule has 2 atom stereocenters. The minimum absolute atomic E-state index is 0. The van der Waals surface area contributed by atoms with E-state index in [1.807, 2.05) is 36.5 Å².